The van der Waals surface area contributed by atoms with Crippen LogP contribution in [0.1, 0.15) is 71.6 Å². The molecule has 2 rings (SSSR count). The SMILES string of the molecule is CCCC1=NN(C(=O)OC2CCCCC2)C(CCC)N=N1. The van der Waals surface area contributed by atoms with E-state index in [1.54, 1.807) is 0 Å². The van der Waals surface area contributed by atoms with Crippen LogP contribution in [-0.4, -0.2) is 29.2 Å². The van der Waals surface area contributed by atoms with Crippen LogP contribution in [0.3, 0.4) is 0 Å². The maximum atomic E-state index is 12.4. The van der Waals surface area contributed by atoms with Crippen molar-refractivity contribution >= 4 is 11.9 Å². The number of hydrazone groups is 1. The van der Waals surface area contributed by atoms with Gasteiger partial charge in [-0.2, -0.15) is 10.1 Å². The zero-order valence-electron chi connectivity index (χ0n) is 13.1. The van der Waals surface area contributed by atoms with Crippen LogP contribution in [-0.2, 0) is 4.74 Å². The van der Waals surface area contributed by atoms with Gasteiger partial charge in [-0.25, -0.2) is 4.79 Å². The van der Waals surface area contributed by atoms with Crippen LogP contribution in [0.15, 0.2) is 15.3 Å². The lowest BCUT2D eigenvalue weighted by Crippen LogP contribution is -2.40. The fourth-order valence-corrected chi connectivity index (χ4v) is 2.70. The van der Waals surface area contributed by atoms with E-state index in [-0.39, 0.29) is 18.4 Å². The Kier molecular flexibility index (Phi) is 6.14. The summed E-state index contributed by atoms with van der Waals surface area (Å²) in [6, 6.07) is 0. The molecule has 0 spiro atoms. The highest BCUT2D eigenvalue weighted by Gasteiger charge is 2.30. The molecule has 0 saturated heterocycles. The quantitative estimate of drug-likeness (QED) is 0.751. The van der Waals surface area contributed by atoms with Crippen molar-refractivity contribution in [2.24, 2.45) is 15.3 Å². The Morgan fingerprint density at radius 3 is 2.67 bits per heavy atom. The summed E-state index contributed by atoms with van der Waals surface area (Å²) in [7, 11) is 0. The van der Waals surface area contributed by atoms with E-state index in [9.17, 15) is 4.79 Å². The molecule has 1 aliphatic heterocycles. The minimum atomic E-state index is -0.368. The Balaban J connectivity index is 2.00. The summed E-state index contributed by atoms with van der Waals surface area (Å²) < 4.78 is 5.61. The van der Waals surface area contributed by atoms with Gasteiger partial charge in [-0.1, -0.05) is 26.7 Å². The third kappa shape index (κ3) is 4.51. The maximum absolute atomic E-state index is 12.4. The highest BCUT2D eigenvalue weighted by atomic mass is 16.6. The van der Waals surface area contributed by atoms with Crippen molar-refractivity contribution < 1.29 is 9.53 Å². The van der Waals surface area contributed by atoms with Gasteiger partial charge in [-0.15, -0.1) is 10.2 Å². The van der Waals surface area contributed by atoms with Crippen LogP contribution in [0.4, 0.5) is 4.79 Å². The van der Waals surface area contributed by atoms with Crippen LogP contribution >= 0.6 is 0 Å². The number of amidine groups is 1. The molecule has 1 fully saturated rings. The molecule has 1 aliphatic carbocycles. The first-order valence-corrected chi connectivity index (χ1v) is 8.22. The smallest absolute Gasteiger partial charge is 0.432 e. The van der Waals surface area contributed by atoms with Gasteiger partial charge < -0.3 is 4.74 Å². The lowest BCUT2D eigenvalue weighted by molar-refractivity contribution is 0.0341. The molecule has 118 valence electrons. The molecule has 1 amide bonds. The van der Waals surface area contributed by atoms with Crippen molar-refractivity contribution in [2.75, 3.05) is 0 Å². The van der Waals surface area contributed by atoms with Crippen molar-refractivity contribution in [2.45, 2.75) is 83.9 Å². The van der Waals surface area contributed by atoms with Gasteiger partial charge in [0, 0.05) is 6.42 Å². The van der Waals surface area contributed by atoms with Crippen molar-refractivity contribution in [3.63, 3.8) is 0 Å². The molecule has 6 nitrogen and oxygen atoms in total. The number of azo groups is 1. The standard InChI is InChI=1S/C15H26N4O2/c1-3-8-13-16-17-14(9-4-2)19(18-13)15(20)21-12-10-6-5-7-11-12/h12,14H,3-11H2,1-2H3. The Hall–Kier alpha value is -1.46. The fourth-order valence-electron chi connectivity index (χ4n) is 2.70. The van der Waals surface area contributed by atoms with Crippen LogP contribution in [0, 0.1) is 0 Å². The molecule has 1 saturated carbocycles. The molecule has 21 heavy (non-hydrogen) atoms. The molecule has 1 unspecified atom stereocenters. The van der Waals surface area contributed by atoms with Crippen molar-refractivity contribution in [1.29, 1.82) is 0 Å². The highest BCUT2D eigenvalue weighted by Crippen LogP contribution is 2.23. The highest BCUT2D eigenvalue weighted by molar-refractivity contribution is 5.84. The number of hydrogen-bond acceptors (Lipinski definition) is 5. The van der Waals surface area contributed by atoms with Gasteiger partial charge in [0.15, 0.2) is 12.0 Å². The molecule has 0 aromatic rings. The van der Waals surface area contributed by atoms with E-state index >= 15 is 0 Å². The zero-order valence-corrected chi connectivity index (χ0v) is 13.1. The number of carbonyl (C=O) groups is 1. The van der Waals surface area contributed by atoms with E-state index in [0.29, 0.717) is 5.84 Å². The van der Waals surface area contributed by atoms with E-state index < -0.39 is 0 Å². The Morgan fingerprint density at radius 2 is 2.00 bits per heavy atom. The van der Waals surface area contributed by atoms with Gasteiger partial charge in [0.05, 0.1) is 0 Å². The number of ether oxygens (including phenoxy) is 1. The van der Waals surface area contributed by atoms with E-state index in [4.69, 9.17) is 4.74 Å². The van der Waals surface area contributed by atoms with Gasteiger partial charge in [-0.05, 0) is 38.5 Å². The molecule has 0 aromatic carbocycles. The van der Waals surface area contributed by atoms with E-state index in [1.807, 2.05) is 0 Å². The van der Waals surface area contributed by atoms with E-state index in [2.05, 4.69) is 29.2 Å². The fraction of sp³-hybridized carbons (Fsp3) is 0.867. The molecular weight excluding hydrogens is 268 g/mol. The Bertz CT molecular complexity index is 402. The van der Waals surface area contributed by atoms with Gasteiger partial charge in [0.2, 0.25) is 0 Å². The molecule has 0 bridgehead atoms. The van der Waals surface area contributed by atoms with Crippen LogP contribution in [0.2, 0.25) is 0 Å². The summed E-state index contributed by atoms with van der Waals surface area (Å²) in [5.41, 5.74) is 0. The number of rotatable bonds is 5. The Labute approximate surface area is 126 Å². The lowest BCUT2D eigenvalue weighted by atomic mass is 9.98. The topological polar surface area (TPSA) is 66.6 Å². The van der Waals surface area contributed by atoms with Crippen LogP contribution in [0.5, 0.6) is 0 Å². The molecule has 2 aliphatic rings. The van der Waals surface area contributed by atoms with Gasteiger partial charge in [-0.3, -0.25) is 0 Å². The van der Waals surface area contributed by atoms with Gasteiger partial charge in [0.1, 0.15) is 6.10 Å². The normalized spacial score (nSPS) is 23.0. The van der Waals surface area contributed by atoms with Crippen molar-refractivity contribution in [1.82, 2.24) is 5.01 Å². The summed E-state index contributed by atoms with van der Waals surface area (Å²) in [5.74, 6) is 0.616. The summed E-state index contributed by atoms with van der Waals surface area (Å²) in [6.07, 6.45) is 8.15. The Morgan fingerprint density at radius 1 is 1.24 bits per heavy atom. The number of nitrogens with zero attached hydrogens (tertiary/aromatic N) is 4. The average Bonchev–Trinajstić information content (AvgIpc) is 2.50. The second kappa shape index (κ2) is 8.10. The minimum Gasteiger partial charge on any atom is -0.445 e. The van der Waals surface area contributed by atoms with E-state index in [0.717, 1.165) is 51.4 Å². The van der Waals surface area contributed by atoms with Crippen molar-refractivity contribution in [3.8, 4) is 0 Å². The summed E-state index contributed by atoms with van der Waals surface area (Å²) in [4.78, 5) is 12.4. The average molecular weight is 294 g/mol. The number of carbonyl (C=O) groups excluding carboxylic acids is 1. The number of hydrogen-bond donors (Lipinski definition) is 0. The van der Waals surface area contributed by atoms with E-state index in [1.165, 1.54) is 11.4 Å². The summed E-state index contributed by atoms with van der Waals surface area (Å²) >= 11 is 0. The molecule has 1 heterocycles. The first kappa shape index (κ1) is 15.9. The van der Waals surface area contributed by atoms with Crippen molar-refractivity contribution in [3.05, 3.63) is 0 Å². The molecule has 0 aromatic heterocycles. The third-order valence-corrected chi connectivity index (χ3v) is 3.84. The van der Waals surface area contributed by atoms with Gasteiger partial charge >= 0.3 is 6.09 Å². The summed E-state index contributed by atoms with van der Waals surface area (Å²) in [5, 5.41) is 14.1. The molecule has 6 heteroatoms. The van der Waals surface area contributed by atoms with Crippen LogP contribution < -0.4 is 0 Å². The second-order valence-electron chi connectivity index (χ2n) is 5.74. The monoisotopic (exact) mass is 294 g/mol. The molecular formula is C15H26N4O2. The maximum Gasteiger partial charge on any atom is 0.432 e. The molecule has 0 N–H and O–H groups in total. The first-order chi connectivity index (χ1) is 10.2. The predicted molar refractivity (Wildman–Crippen MR) is 81.1 cm³/mol. The van der Waals surface area contributed by atoms with Gasteiger partial charge in [0.25, 0.3) is 0 Å². The first-order valence-electron chi connectivity index (χ1n) is 8.22. The zero-order chi connectivity index (χ0) is 15.1. The lowest BCUT2D eigenvalue weighted by Gasteiger charge is -2.29. The largest absolute Gasteiger partial charge is 0.445 e. The second-order valence-corrected chi connectivity index (χ2v) is 5.74. The third-order valence-electron chi connectivity index (χ3n) is 3.84. The predicted octanol–water partition coefficient (Wildman–Crippen LogP) is 4.46. The minimum absolute atomic E-state index is 0.0391. The molecule has 0 radical (unpaired) electrons. The summed E-state index contributed by atoms with van der Waals surface area (Å²) in [6.45, 7) is 4.12. The number of amides is 1. The van der Waals surface area contributed by atoms with Crippen LogP contribution in [0.25, 0.3) is 0 Å². The molecule has 1 atom stereocenters.